The van der Waals surface area contributed by atoms with E-state index in [1.165, 1.54) is 6.92 Å². The SMILES string of the molecule is CC(C)C(NC(=O)C(CC(N)=O)NC(=O)C(N)CO)C(=O)NC(C(=O)O)C(C)O. The fraction of sp³-hybridized carbons (Fsp3) is 0.688. The van der Waals surface area contributed by atoms with Crippen molar-refractivity contribution in [2.75, 3.05) is 6.61 Å². The van der Waals surface area contributed by atoms with Crippen LogP contribution in [0, 0.1) is 5.92 Å². The van der Waals surface area contributed by atoms with Crippen molar-refractivity contribution in [3.8, 4) is 0 Å². The first-order valence-corrected chi connectivity index (χ1v) is 8.78. The van der Waals surface area contributed by atoms with Crippen molar-refractivity contribution in [1.29, 1.82) is 0 Å². The molecule has 0 aromatic rings. The maximum atomic E-state index is 12.5. The van der Waals surface area contributed by atoms with Gasteiger partial charge < -0.3 is 42.7 Å². The highest BCUT2D eigenvalue weighted by Crippen LogP contribution is 2.05. The zero-order chi connectivity index (χ0) is 22.9. The molecule has 0 aliphatic carbocycles. The molecule has 0 spiro atoms. The van der Waals surface area contributed by atoms with Gasteiger partial charge in [0.1, 0.15) is 18.1 Å². The highest BCUT2D eigenvalue weighted by molar-refractivity contribution is 5.96. The standard InChI is InChI=1S/C16H29N5O8/c1-6(2)11(15(27)21-12(7(3)23)16(28)29)20-14(26)9(4-10(18)24)19-13(25)8(17)5-22/h6-9,11-12,22-23H,4-5,17H2,1-3H3,(H2,18,24)(H,19,25)(H,20,26)(H,21,27)(H,28,29). The number of primary amides is 1. The van der Waals surface area contributed by atoms with Gasteiger partial charge in [0.25, 0.3) is 0 Å². The number of nitrogens with two attached hydrogens (primary N) is 2. The number of amides is 4. The highest BCUT2D eigenvalue weighted by atomic mass is 16.4. The summed E-state index contributed by atoms with van der Waals surface area (Å²) in [5.41, 5.74) is 10.4. The maximum Gasteiger partial charge on any atom is 0.328 e. The second kappa shape index (κ2) is 11.9. The van der Waals surface area contributed by atoms with Crippen LogP contribution in [0.5, 0.6) is 0 Å². The maximum absolute atomic E-state index is 12.5. The van der Waals surface area contributed by atoms with Crippen LogP contribution >= 0.6 is 0 Å². The van der Waals surface area contributed by atoms with Crippen LogP contribution in [-0.4, -0.2) is 81.8 Å². The topological polar surface area (TPSA) is 234 Å². The summed E-state index contributed by atoms with van der Waals surface area (Å²) >= 11 is 0. The van der Waals surface area contributed by atoms with E-state index in [2.05, 4.69) is 16.0 Å². The van der Waals surface area contributed by atoms with Gasteiger partial charge in [-0.25, -0.2) is 4.79 Å². The smallest absolute Gasteiger partial charge is 0.328 e. The lowest BCUT2D eigenvalue weighted by atomic mass is 10.0. The molecule has 0 fully saturated rings. The van der Waals surface area contributed by atoms with Crippen LogP contribution < -0.4 is 27.4 Å². The normalized spacial score (nSPS) is 16.1. The van der Waals surface area contributed by atoms with Crippen LogP contribution in [0.15, 0.2) is 0 Å². The third-order valence-electron chi connectivity index (χ3n) is 3.86. The molecular formula is C16H29N5O8. The van der Waals surface area contributed by atoms with Crippen LogP contribution in [0.4, 0.5) is 0 Å². The van der Waals surface area contributed by atoms with Gasteiger partial charge in [-0.1, -0.05) is 13.8 Å². The predicted molar refractivity (Wildman–Crippen MR) is 98.8 cm³/mol. The summed E-state index contributed by atoms with van der Waals surface area (Å²) in [4.78, 5) is 59.1. The Morgan fingerprint density at radius 1 is 0.897 bits per heavy atom. The molecule has 0 aliphatic rings. The minimum absolute atomic E-state index is 0.521. The summed E-state index contributed by atoms with van der Waals surface area (Å²) in [6.45, 7) is 3.59. The Kier molecular flexibility index (Phi) is 10.8. The van der Waals surface area contributed by atoms with E-state index in [-0.39, 0.29) is 0 Å². The van der Waals surface area contributed by atoms with Crippen LogP contribution in [0.3, 0.4) is 0 Å². The first-order valence-electron chi connectivity index (χ1n) is 8.78. The Morgan fingerprint density at radius 2 is 1.41 bits per heavy atom. The average molecular weight is 419 g/mol. The third kappa shape index (κ3) is 8.85. The van der Waals surface area contributed by atoms with E-state index in [9.17, 15) is 29.1 Å². The largest absolute Gasteiger partial charge is 0.480 e. The second-order valence-electron chi connectivity index (χ2n) is 6.82. The Hall–Kier alpha value is -2.77. The van der Waals surface area contributed by atoms with Crippen molar-refractivity contribution >= 4 is 29.6 Å². The van der Waals surface area contributed by atoms with Crippen molar-refractivity contribution in [2.45, 2.75) is 57.5 Å². The number of aliphatic hydroxyl groups excluding tert-OH is 2. The first kappa shape index (κ1) is 26.2. The van der Waals surface area contributed by atoms with E-state index < -0.39 is 78.8 Å². The molecule has 0 saturated heterocycles. The molecule has 10 N–H and O–H groups in total. The van der Waals surface area contributed by atoms with Crippen molar-refractivity contribution in [3.63, 3.8) is 0 Å². The van der Waals surface area contributed by atoms with Gasteiger partial charge in [0.15, 0.2) is 6.04 Å². The number of carboxylic acid groups (broad SMARTS) is 1. The predicted octanol–water partition coefficient (Wildman–Crippen LogP) is -4.24. The molecule has 0 radical (unpaired) electrons. The number of hydrogen-bond acceptors (Lipinski definition) is 8. The van der Waals surface area contributed by atoms with Crippen molar-refractivity contribution in [3.05, 3.63) is 0 Å². The van der Waals surface area contributed by atoms with Crippen molar-refractivity contribution in [1.82, 2.24) is 16.0 Å². The van der Waals surface area contributed by atoms with Gasteiger partial charge in [0, 0.05) is 0 Å². The zero-order valence-electron chi connectivity index (χ0n) is 16.4. The van der Waals surface area contributed by atoms with E-state index in [1.54, 1.807) is 13.8 Å². The zero-order valence-corrected chi connectivity index (χ0v) is 16.4. The third-order valence-corrected chi connectivity index (χ3v) is 3.86. The van der Waals surface area contributed by atoms with Crippen molar-refractivity contribution < 1.29 is 39.3 Å². The van der Waals surface area contributed by atoms with Crippen LogP contribution in [0.1, 0.15) is 27.2 Å². The first-order chi connectivity index (χ1) is 13.3. The van der Waals surface area contributed by atoms with Gasteiger partial charge in [-0.05, 0) is 12.8 Å². The number of carbonyl (C=O) groups excluding carboxylic acids is 4. The lowest BCUT2D eigenvalue weighted by molar-refractivity contribution is -0.145. The molecule has 0 aliphatic heterocycles. The summed E-state index contributed by atoms with van der Waals surface area (Å²) in [6.07, 6.45) is -2.00. The lowest BCUT2D eigenvalue weighted by Crippen LogP contribution is -2.60. The molecule has 13 heteroatoms. The Bertz CT molecular complexity index is 624. The molecule has 29 heavy (non-hydrogen) atoms. The lowest BCUT2D eigenvalue weighted by Gasteiger charge is -2.27. The quantitative estimate of drug-likeness (QED) is 0.153. The summed E-state index contributed by atoms with van der Waals surface area (Å²) in [6, 6.07) is -5.67. The van der Waals surface area contributed by atoms with E-state index >= 15 is 0 Å². The molecule has 13 nitrogen and oxygen atoms in total. The molecule has 5 atom stereocenters. The number of nitrogens with one attached hydrogen (secondary N) is 3. The van der Waals surface area contributed by atoms with E-state index in [1.807, 2.05) is 0 Å². The van der Waals surface area contributed by atoms with E-state index in [0.717, 1.165) is 0 Å². The number of carboxylic acids is 1. The molecule has 166 valence electrons. The van der Waals surface area contributed by atoms with Gasteiger partial charge in [-0.3, -0.25) is 19.2 Å². The fourth-order valence-electron chi connectivity index (χ4n) is 2.19. The molecule has 0 saturated carbocycles. The minimum atomic E-state index is -1.61. The van der Waals surface area contributed by atoms with Crippen LogP contribution in [0.25, 0.3) is 0 Å². The van der Waals surface area contributed by atoms with Crippen LogP contribution in [0.2, 0.25) is 0 Å². The summed E-state index contributed by atoms with van der Waals surface area (Å²) in [5, 5.41) is 34.0. The molecule has 0 rings (SSSR count). The second-order valence-corrected chi connectivity index (χ2v) is 6.82. The average Bonchev–Trinajstić information content (AvgIpc) is 2.60. The molecule has 0 aromatic carbocycles. The van der Waals surface area contributed by atoms with Gasteiger partial charge in [0.2, 0.25) is 23.6 Å². The Morgan fingerprint density at radius 3 is 1.79 bits per heavy atom. The summed E-state index contributed by atoms with van der Waals surface area (Å²) < 4.78 is 0. The minimum Gasteiger partial charge on any atom is -0.480 e. The molecule has 4 amide bonds. The number of aliphatic hydroxyl groups is 2. The highest BCUT2D eigenvalue weighted by Gasteiger charge is 2.33. The molecule has 0 bridgehead atoms. The van der Waals surface area contributed by atoms with Gasteiger partial charge in [-0.15, -0.1) is 0 Å². The summed E-state index contributed by atoms with van der Waals surface area (Å²) in [7, 11) is 0. The van der Waals surface area contributed by atoms with Gasteiger partial charge >= 0.3 is 5.97 Å². The fourth-order valence-corrected chi connectivity index (χ4v) is 2.19. The number of rotatable bonds is 12. The van der Waals surface area contributed by atoms with Gasteiger partial charge in [-0.2, -0.15) is 0 Å². The Labute approximate surface area is 167 Å². The van der Waals surface area contributed by atoms with Crippen LogP contribution in [-0.2, 0) is 24.0 Å². The van der Waals surface area contributed by atoms with Crippen molar-refractivity contribution in [2.24, 2.45) is 17.4 Å². The van der Waals surface area contributed by atoms with E-state index in [4.69, 9.17) is 21.7 Å². The molecule has 0 heterocycles. The molecule has 0 aromatic heterocycles. The number of hydrogen-bond donors (Lipinski definition) is 8. The molecular weight excluding hydrogens is 390 g/mol. The molecule has 5 unspecified atom stereocenters. The number of aliphatic carboxylic acids is 1. The van der Waals surface area contributed by atoms with Gasteiger partial charge in [0.05, 0.1) is 19.1 Å². The monoisotopic (exact) mass is 419 g/mol. The number of carbonyl (C=O) groups is 5. The summed E-state index contributed by atoms with van der Waals surface area (Å²) in [5.74, 6) is -5.67. The Balaban J connectivity index is 5.41. The van der Waals surface area contributed by atoms with E-state index in [0.29, 0.717) is 0 Å².